The molecule has 2 nitrogen and oxygen atoms in total. The number of piperidine rings is 1. The van der Waals surface area contributed by atoms with Gasteiger partial charge in [-0.05, 0) is 43.0 Å². The van der Waals surface area contributed by atoms with E-state index in [1.165, 1.54) is 25.1 Å². The molecule has 0 spiro atoms. The summed E-state index contributed by atoms with van der Waals surface area (Å²) in [4.78, 5) is 3.28. The van der Waals surface area contributed by atoms with Gasteiger partial charge >= 0.3 is 0 Å². The Kier molecular flexibility index (Phi) is 5.07. The van der Waals surface area contributed by atoms with Crippen LogP contribution in [0.2, 0.25) is 0 Å². The Labute approximate surface area is 118 Å². The Hall–Kier alpha value is -0.540. The Balaban J connectivity index is 1.80. The number of likely N-dealkylation sites (tertiary alicyclic amines) is 1. The number of rotatable bonds is 4. The van der Waals surface area contributed by atoms with E-state index in [0.717, 1.165) is 24.6 Å². The van der Waals surface area contributed by atoms with Crippen molar-refractivity contribution in [3.8, 4) is 5.75 Å². The minimum atomic E-state index is 0.703. The molecule has 1 aliphatic heterocycles. The summed E-state index contributed by atoms with van der Waals surface area (Å²) >= 11 is 3.75. The molecule has 0 bridgehead atoms. The molecule has 0 amide bonds. The van der Waals surface area contributed by atoms with E-state index in [1.54, 1.807) is 7.11 Å². The smallest absolute Gasteiger partial charge is 0.118 e. The van der Waals surface area contributed by atoms with Gasteiger partial charge < -0.3 is 9.64 Å². The van der Waals surface area contributed by atoms with Gasteiger partial charge in [-0.15, -0.1) is 0 Å². The summed E-state index contributed by atoms with van der Waals surface area (Å²) < 4.78 is 5.17. The maximum absolute atomic E-state index is 5.17. The van der Waals surface area contributed by atoms with Crippen LogP contribution in [0.25, 0.3) is 0 Å². The lowest BCUT2D eigenvalue weighted by Crippen LogP contribution is -2.40. The Morgan fingerprint density at radius 1 is 1.33 bits per heavy atom. The van der Waals surface area contributed by atoms with Gasteiger partial charge in [0.15, 0.2) is 0 Å². The first kappa shape index (κ1) is 13.9. The SMILES string of the molecule is COc1ccc(CCN2CCC(Br)C(C)C2)cc1. The molecule has 2 rings (SSSR count). The molecule has 0 aromatic heterocycles. The van der Waals surface area contributed by atoms with Crippen molar-refractivity contribution in [1.82, 2.24) is 4.90 Å². The van der Waals surface area contributed by atoms with Crippen molar-refractivity contribution in [3.63, 3.8) is 0 Å². The summed E-state index contributed by atoms with van der Waals surface area (Å²) in [6, 6.07) is 8.42. The Bertz CT molecular complexity index is 365. The molecule has 0 N–H and O–H groups in total. The molecule has 0 radical (unpaired) electrons. The number of methoxy groups -OCH3 is 1. The predicted octanol–water partition coefficient (Wildman–Crippen LogP) is 3.34. The lowest BCUT2D eigenvalue weighted by molar-refractivity contribution is 0.193. The summed E-state index contributed by atoms with van der Waals surface area (Å²) in [5, 5.41) is 0. The first-order valence-electron chi connectivity index (χ1n) is 6.68. The van der Waals surface area contributed by atoms with Crippen LogP contribution in [0.15, 0.2) is 24.3 Å². The average Bonchev–Trinajstić information content (AvgIpc) is 2.41. The van der Waals surface area contributed by atoms with Crippen LogP contribution >= 0.6 is 15.9 Å². The number of nitrogens with zero attached hydrogens (tertiary/aromatic N) is 1. The van der Waals surface area contributed by atoms with Gasteiger partial charge in [0.05, 0.1) is 7.11 Å². The lowest BCUT2D eigenvalue weighted by atomic mass is 9.99. The topological polar surface area (TPSA) is 12.5 Å². The van der Waals surface area contributed by atoms with Crippen LogP contribution in [0.1, 0.15) is 18.9 Å². The van der Waals surface area contributed by atoms with Gasteiger partial charge in [-0.1, -0.05) is 35.0 Å². The van der Waals surface area contributed by atoms with Crippen LogP contribution in [0, 0.1) is 5.92 Å². The van der Waals surface area contributed by atoms with Crippen molar-refractivity contribution in [1.29, 1.82) is 0 Å². The standard InChI is InChI=1S/C15H22BrNO/c1-12-11-17(10-8-15(12)16)9-7-13-3-5-14(18-2)6-4-13/h3-6,12,15H,7-11H2,1-2H3. The molecule has 1 aromatic rings. The largest absolute Gasteiger partial charge is 0.497 e. The van der Waals surface area contributed by atoms with Gasteiger partial charge in [0.25, 0.3) is 0 Å². The molecular formula is C15H22BrNO. The van der Waals surface area contributed by atoms with Crippen molar-refractivity contribution >= 4 is 15.9 Å². The van der Waals surface area contributed by atoms with Gasteiger partial charge in [-0.3, -0.25) is 0 Å². The molecule has 2 atom stereocenters. The van der Waals surface area contributed by atoms with Gasteiger partial charge in [-0.2, -0.15) is 0 Å². The van der Waals surface area contributed by atoms with E-state index in [0.29, 0.717) is 4.83 Å². The van der Waals surface area contributed by atoms with Gasteiger partial charge in [0.1, 0.15) is 5.75 Å². The number of benzene rings is 1. The van der Waals surface area contributed by atoms with Crippen molar-refractivity contribution in [2.45, 2.75) is 24.6 Å². The molecule has 0 aliphatic carbocycles. The molecule has 1 aliphatic rings. The van der Waals surface area contributed by atoms with Gasteiger partial charge in [0.2, 0.25) is 0 Å². The molecule has 3 heteroatoms. The quantitative estimate of drug-likeness (QED) is 0.791. The highest BCUT2D eigenvalue weighted by atomic mass is 79.9. The summed E-state index contributed by atoms with van der Waals surface area (Å²) in [7, 11) is 1.71. The molecule has 1 fully saturated rings. The highest BCUT2D eigenvalue weighted by Crippen LogP contribution is 2.23. The molecular weight excluding hydrogens is 290 g/mol. The fourth-order valence-electron chi connectivity index (χ4n) is 2.49. The van der Waals surface area contributed by atoms with Crippen LogP contribution in [-0.4, -0.2) is 36.5 Å². The second-order valence-corrected chi connectivity index (χ2v) is 6.36. The Morgan fingerprint density at radius 3 is 2.67 bits per heavy atom. The fraction of sp³-hybridized carbons (Fsp3) is 0.600. The molecule has 0 saturated carbocycles. The number of halogens is 1. The number of alkyl halides is 1. The predicted molar refractivity (Wildman–Crippen MR) is 79.6 cm³/mol. The minimum absolute atomic E-state index is 0.703. The van der Waals surface area contributed by atoms with Crippen LogP contribution < -0.4 is 4.74 Å². The van der Waals surface area contributed by atoms with E-state index >= 15 is 0 Å². The van der Waals surface area contributed by atoms with Crippen LogP contribution in [0.3, 0.4) is 0 Å². The highest BCUT2D eigenvalue weighted by molar-refractivity contribution is 9.09. The molecule has 18 heavy (non-hydrogen) atoms. The normalized spacial score (nSPS) is 25.1. The van der Waals surface area contributed by atoms with Gasteiger partial charge in [-0.25, -0.2) is 0 Å². The van der Waals surface area contributed by atoms with Crippen molar-refractivity contribution in [2.24, 2.45) is 5.92 Å². The maximum atomic E-state index is 5.17. The molecule has 1 heterocycles. The van der Waals surface area contributed by atoms with E-state index in [-0.39, 0.29) is 0 Å². The van der Waals surface area contributed by atoms with Crippen LogP contribution in [0.5, 0.6) is 5.75 Å². The lowest BCUT2D eigenvalue weighted by Gasteiger charge is -2.34. The third-order valence-corrected chi connectivity index (χ3v) is 5.12. The van der Waals surface area contributed by atoms with Gasteiger partial charge in [0, 0.05) is 17.9 Å². The first-order valence-corrected chi connectivity index (χ1v) is 7.60. The van der Waals surface area contributed by atoms with E-state index < -0.39 is 0 Å². The zero-order valence-corrected chi connectivity index (χ0v) is 12.8. The molecule has 1 aromatic carbocycles. The van der Waals surface area contributed by atoms with E-state index in [1.807, 2.05) is 12.1 Å². The minimum Gasteiger partial charge on any atom is -0.497 e. The molecule has 100 valence electrons. The third kappa shape index (κ3) is 3.72. The van der Waals surface area contributed by atoms with Crippen molar-refractivity contribution < 1.29 is 4.74 Å². The highest BCUT2D eigenvalue weighted by Gasteiger charge is 2.23. The fourth-order valence-corrected chi connectivity index (χ4v) is 2.86. The summed E-state index contributed by atoms with van der Waals surface area (Å²) in [5.41, 5.74) is 1.39. The number of hydrogen-bond donors (Lipinski definition) is 0. The molecule has 2 unspecified atom stereocenters. The van der Waals surface area contributed by atoms with E-state index in [9.17, 15) is 0 Å². The second-order valence-electron chi connectivity index (χ2n) is 5.18. The second kappa shape index (κ2) is 6.58. The third-order valence-electron chi connectivity index (χ3n) is 3.76. The van der Waals surface area contributed by atoms with Crippen LogP contribution in [0.4, 0.5) is 0 Å². The summed E-state index contributed by atoms with van der Waals surface area (Å²) in [5.74, 6) is 1.70. The van der Waals surface area contributed by atoms with E-state index in [2.05, 4.69) is 39.9 Å². The average molecular weight is 312 g/mol. The summed E-state index contributed by atoms with van der Waals surface area (Å²) in [6.07, 6.45) is 2.40. The van der Waals surface area contributed by atoms with Crippen molar-refractivity contribution in [3.05, 3.63) is 29.8 Å². The first-order chi connectivity index (χ1) is 8.69. The van der Waals surface area contributed by atoms with Crippen LogP contribution in [-0.2, 0) is 6.42 Å². The Morgan fingerprint density at radius 2 is 2.06 bits per heavy atom. The van der Waals surface area contributed by atoms with E-state index in [4.69, 9.17) is 4.74 Å². The number of ether oxygens (including phenoxy) is 1. The summed E-state index contributed by atoms with van der Waals surface area (Å²) in [6.45, 7) is 5.93. The monoisotopic (exact) mass is 311 g/mol. The zero-order chi connectivity index (χ0) is 13.0. The maximum Gasteiger partial charge on any atom is 0.118 e. The zero-order valence-electron chi connectivity index (χ0n) is 11.2. The van der Waals surface area contributed by atoms with Crippen molar-refractivity contribution in [2.75, 3.05) is 26.7 Å². The number of hydrogen-bond acceptors (Lipinski definition) is 2. The molecule has 1 saturated heterocycles.